The van der Waals surface area contributed by atoms with E-state index in [2.05, 4.69) is 0 Å². The van der Waals surface area contributed by atoms with Gasteiger partial charge in [0.05, 0.1) is 11.4 Å². The van der Waals surface area contributed by atoms with E-state index in [0.717, 1.165) is 11.4 Å². The Kier molecular flexibility index (Phi) is 2.19. The summed E-state index contributed by atoms with van der Waals surface area (Å²) in [7, 11) is 0. The predicted octanol–water partition coefficient (Wildman–Crippen LogP) is 1.36. The fraction of sp³-hybridized carbons (Fsp3) is 0.273. The molecule has 0 N–H and O–H groups in total. The summed E-state index contributed by atoms with van der Waals surface area (Å²) in [5.41, 5.74) is 1.61. The standard InChI is InChI=1S/C11H12N2O2/c1-8(14)12-7-13(9(2)15)11-6-4-3-5-10(11)12/h3-6H,7H2,1-2H3. The normalized spacial score (nSPS) is 14.0. The Bertz CT molecular complexity index is 389. The molecule has 1 aromatic rings. The quantitative estimate of drug-likeness (QED) is 0.640. The molecule has 4 nitrogen and oxygen atoms in total. The highest BCUT2D eigenvalue weighted by Gasteiger charge is 2.29. The van der Waals surface area contributed by atoms with Crippen molar-refractivity contribution in [3.8, 4) is 0 Å². The molecule has 0 saturated heterocycles. The molecule has 1 aliphatic rings. The molecule has 0 aliphatic carbocycles. The minimum atomic E-state index is -0.0498. The van der Waals surface area contributed by atoms with Crippen LogP contribution in [0.2, 0.25) is 0 Å². The number of anilines is 2. The smallest absolute Gasteiger partial charge is 0.225 e. The number of nitrogens with zero attached hydrogens (tertiary/aromatic N) is 2. The lowest BCUT2D eigenvalue weighted by Gasteiger charge is -2.15. The predicted molar refractivity (Wildman–Crippen MR) is 57.6 cm³/mol. The van der Waals surface area contributed by atoms with Gasteiger partial charge in [0, 0.05) is 13.8 Å². The zero-order valence-corrected chi connectivity index (χ0v) is 8.73. The Balaban J connectivity index is 2.48. The Morgan fingerprint density at radius 2 is 1.40 bits per heavy atom. The Labute approximate surface area is 88.1 Å². The van der Waals surface area contributed by atoms with Crippen LogP contribution < -0.4 is 9.80 Å². The number of benzene rings is 1. The second kappa shape index (κ2) is 3.38. The van der Waals surface area contributed by atoms with E-state index < -0.39 is 0 Å². The van der Waals surface area contributed by atoms with Crippen molar-refractivity contribution in [2.45, 2.75) is 13.8 Å². The summed E-state index contributed by atoms with van der Waals surface area (Å²) in [4.78, 5) is 25.9. The summed E-state index contributed by atoms with van der Waals surface area (Å²) >= 11 is 0. The fourth-order valence-corrected chi connectivity index (χ4v) is 1.75. The van der Waals surface area contributed by atoms with Crippen LogP contribution in [0.15, 0.2) is 24.3 Å². The maximum atomic E-state index is 11.4. The molecule has 1 aromatic carbocycles. The lowest BCUT2D eigenvalue weighted by molar-refractivity contribution is -0.117. The molecular weight excluding hydrogens is 192 g/mol. The first-order chi connectivity index (χ1) is 7.11. The molecule has 0 spiro atoms. The molecule has 15 heavy (non-hydrogen) atoms. The zero-order valence-electron chi connectivity index (χ0n) is 8.73. The highest BCUT2D eigenvalue weighted by molar-refractivity contribution is 6.05. The second-order valence-electron chi connectivity index (χ2n) is 3.52. The van der Waals surface area contributed by atoms with Crippen molar-refractivity contribution in [3.63, 3.8) is 0 Å². The number of carbonyl (C=O) groups is 2. The maximum absolute atomic E-state index is 11.4. The molecule has 2 amide bonds. The van der Waals surface area contributed by atoms with E-state index in [0.29, 0.717) is 6.67 Å². The highest BCUT2D eigenvalue weighted by Crippen LogP contribution is 2.35. The van der Waals surface area contributed by atoms with E-state index in [1.54, 1.807) is 9.80 Å². The summed E-state index contributed by atoms with van der Waals surface area (Å²) in [5.74, 6) is -0.0996. The molecule has 0 bridgehead atoms. The van der Waals surface area contributed by atoms with E-state index >= 15 is 0 Å². The van der Waals surface area contributed by atoms with Crippen LogP contribution in [-0.2, 0) is 9.59 Å². The molecule has 4 heteroatoms. The van der Waals surface area contributed by atoms with E-state index in [-0.39, 0.29) is 11.8 Å². The van der Waals surface area contributed by atoms with Crippen LogP contribution in [-0.4, -0.2) is 18.5 Å². The molecule has 0 saturated carbocycles. The highest BCUT2D eigenvalue weighted by atomic mass is 16.2. The first kappa shape index (κ1) is 9.71. The van der Waals surface area contributed by atoms with Gasteiger partial charge in [0.2, 0.25) is 11.8 Å². The topological polar surface area (TPSA) is 40.6 Å². The summed E-state index contributed by atoms with van der Waals surface area (Å²) in [6.07, 6.45) is 0. The molecule has 0 fully saturated rings. The number of carbonyl (C=O) groups excluding carboxylic acids is 2. The molecule has 2 rings (SSSR count). The molecular formula is C11H12N2O2. The lowest BCUT2D eigenvalue weighted by Crippen LogP contribution is -2.36. The van der Waals surface area contributed by atoms with Crippen LogP contribution in [0.25, 0.3) is 0 Å². The van der Waals surface area contributed by atoms with Gasteiger partial charge in [-0.05, 0) is 12.1 Å². The third kappa shape index (κ3) is 1.48. The van der Waals surface area contributed by atoms with Crippen LogP contribution in [0.4, 0.5) is 11.4 Å². The lowest BCUT2D eigenvalue weighted by atomic mass is 10.2. The minimum absolute atomic E-state index is 0.0498. The zero-order chi connectivity index (χ0) is 11.0. The molecule has 0 aromatic heterocycles. The maximum Gasteiger partial charge on any atom is 0.225 e. The van der Waals surface area contributed by atoms with E-state index in [9.17, 15) is 9.59 Å². The van der Waals surface area contributed by atoms with Gasteiger partial charge < -0.3 is 0 Å². The summed E-state index contributed by atoms with van der Waals surface area (Å²) in [5, 5.41) is 0. The van der Waals surface area contributed by atoms with Crippen molar-refractivity contribution in [2.75, 3.05) is 16.5 Å². The first-order valence-corrected chi connectivity index (χ1v) is 4.76. The number of hydrogen-bond donors (Lipinski definition) is 0. The number of amides is 2. The molecule has 0 atom stereocenters. The van der Waals surface area contributed by atoms with Gasteiger partial charge in [-0.3, -0.25) is 19.4 Å². The number of hydrogen-bond acceptors (Lipinski definition) is 2. The van der Waals surface area contributed by atoms with Crippen molar-refractivity contribution < 1.29 is 9.59 Å². The van der Waals surface area contributed by atoms with Crippen molar-refractivity contribution in [1.82, 2.24) is 0 Å². The van der Waals surface area contributed by atoms with Crippen molar-refractivity contribution in [1.29, 1.82) is 0 Å². The van der Waals surface area contributed by atoms with E-state index in [4.69, 9.17) is 0 Å². The minimum Gasteiger partial charge on any atom is -0.292 e. The van der Waals surface area contributed by atoms with Crippen molar-refractivity contribution in [2.24, 2.45) is 0 Å². The Hall–Kier alpha value is -1.84. The third-order valence-electron chi connectivity index (χ3n) is 2.51. The average Bonchev–Trinajstić information content (AvgIpc) is 2.56. The SMILES string of the molecule is CC(=O)N1CN(C(C)=O)c2ccccc21. The monoisotopic (exact) mass is 204 g/mol. The fourth-order valence-electron chi connectivity index (χ4n) is 1.75. The van der Waals surface area contributed by atoms with Crippen LogP contribution >= 0.6 is 0 Å². The Morgan fingerprint density at radius 1 is 1.00 bits per heavy atom. The van der Waals surface area contributed by atoms with Crippen molar-refractivity contribution >= 4 is 23.2 Å². The van der Waals surface area contributed by atoms with Crippen molar-refractivity contribution in [3.05, 3.63) is 24.3 Å². The van der Waals surface area contributed by atoms with Crippen LogP contribution in [0.1, 0.15) is 13.8 Å². The second-order valence-corrected chi connectivity index (χ2v) is 3.52. The molecule has 1 aliphatic heterocycles. The molecule has 1 heterocycles. The number of fused-ring (bicyclic) bond motifs is 1. The van der Waals surface area contributed by atoms with Gasteiger partial charge in [-0.15, -0.1) is 0 Å². The van der Waals surface area contributed by atoms with E-state index in [1.165, 1.54) is 13.8 Å². The largest absolute Gasteiger partial charge is 0.292 e. The van der Waals surface area contributed by atoms with Gasteiger partial charge in [0.25, 0.3) is 0 Å². The molecule has 78 valence electrons. The van der Waals surface area contributed by atoms with Crippen LogP contribution in [0.3, 0.4) is 0 Å². The number of para-hydroxylation sites is 2. The summed E-state index contributed by atoms with van der Waals surface area (Å²) < 4.78 is 0. The van der Waals surface area contributed by atoms with Gasteiger partial charge in [0.15, 0.2) is 0 Å². The molecule has 0 radical (unpaired) electrons. The van der Waals surface area contributed by atoms with Gasteiger partial charge >= 0.3 is 0 Å². The number of rotatable bonds is 0. The van der Waals surface area contributed by atoms with Gasteiger partial charge in [-0.1, -0.05) is 12.1 Å². The van der Waals surface area contributed by atoms with Crippen LogP contribution in [0.5, 0.6) is 0 Å². The Morgan fingerprint density at radius 3 is 1.73 bits per heavy atom. The van der Waals surface area contributed by atoms with Gasteiger partial charge in [-0.25, -0.2) is 0 Å². The van der Waals surface area contributed by atoms with E-state index in [1.807, 2.05) is 24.3 Å². The third-order valence-corrected chi connectivity index (χ3v) is 2.51. The average molecular weight is 204 g/mol. The first-order valence-electron chi connectivity index (χ1n) is 4.76. The van der Waals surface area contributed by atoms with Gasteiger partial charge in [0.1, 0.15) is 6.67 Å². The molecule has 0 unspecified atom stereocenters. The summed E-state index contributed by atoms with van der Waals surface area (Å²) in [6, 6.07) is 7.41. The van der Waals surface area contributed by atoms with Crippen LogP contribution in [0, 0.1) is 0 Å². The summed E-state index contributed by atoms with van der Waals surface area (Å²) in [6.45, 7) is 3.32. The van der Waals surface area contributed by atoms with Gasteiger partial charge in [-0.2, -0.15) is 0 Å².